The first-order chi connectivity index (χ1) is 8.49. The molecule has 4 heteroatoms. The Balaban J connectivity index is 2.29. The zero-order valence-corrected chi connectivity index (χ0v) is 11.0. The Labute approximate surface area is 107 Å². The van der Waals surface area contributed by atoms with E-state index in [2.05, 4.69) is 5.32 Å². The highest BCUT2D eigenvalue weighted by Gasteiger charge is 2.23. The molecule has 2 amide bonds. The summed E-state index contributed by atoms with van der Waals surface area (Å²) in [6.45, 7) is 6.11. The van der Waals surface area contributed by atoms with Gasteiger partial charge < -0.3 is 10.2 Å². The lowest BCUT2D eigenvalue weighted by atomic mass is 10.1. The van der Waals surface area contributed by atoms with Crippen molar-refractivity contribution < 1.29 is 9.59 Å². The van der Waals surface area contributed by atoms with Gasteiger partial charge in [0.05, 0.1) is 0 Å². The second kappa shape index (κ2) is 4.80. The van der Waals surface area contributed by atoms with Gasteiger partial charge in [-0.15, -0.1) is 0 Å². The fourth-order valence-corrected chi connectivity index (χ4v) is 2.19. The molecule has 0 radical (unpaired) electrons. The monoisotopic (exact) mass is 246 g/mol. The molecule has 0 fully saturated rings. The standard InChI is InChI=1S/C14H18N2O2/c1-9(2)15-14(18)12-5-4-11-6-7-16(10(3)17)13(11)8-12/h4-5,8-9H,6-7H2,1-3H3,(H,15,18). The number of carbonyl (C=O) groups is 2. The maximum absolute atomic E-state index is 11.9. The van der Waals surface area contributed by atoms with Gasteiger partial charge in [0.15, 0.2) is 0 Å². The van der Waals surface area contributed by atoms with Gasteiger partial charge in [-0.05, 0) is 38.0 Å². The maximum atomic E-state index is 11.9. The maximum Gasteiger partial charge on any atom is 0.251 e. The molecule has 0 aromatic heterocycles. The van der Waals surface area contributed by atoms with Crippen LogP contribution in [-0.2, 0) is 11.2 Å². The van der Waals surface area contributed by atoms with Gasteiger partial charge in [-0.2, -0.15) is 0 Å². The van der Waals surface area contributed by atoms with Crippen LogP contribution in [0.3, 0.4) is 0 Å². The highest BCUT2D eigenvalue weighted by molar-refractivity contribution is 5.99. The molecule has 0 bridgehead atoms. The zero-order chi connectivity index (χ0) is 13.3. The largest absolute Gasteiger partial charge is 0.350 e. The van der Waals surface area contributed by atoms with E-state index in [-0.39, 0.29) is 17.9 Å². The smallest absolute Gasteiger partial charge is 0.251 e. The summed E-state index contributed by atoms with van der Waals surface area (Å²) in [4.78, 5) is 25.1. The van der Waals surface area contributed by atoms with Gasteiger partial charge in [0.1, 0.15) is 0 Å². The number of nitrogens with one attached hydrogen (secondary N) is 1. The Hall–Kier alpha value is -1.84. The minimum Gasteiger partial charge on any atom is -0.350 e. The SMILES string of the molecule is CC(=O)N1CCc2ccc(C(=O)NC(C)C)cc21. The van der Waals surface area contributed by atoms with Gasteiger partial charge in [-0.25, -0.2) is 0 Å². The Morgan fingerprint density at radius 1 is 1.33 bits per heavy atom. The number of nitrogens with zero attached hydrogens (tertiary/aromatic N) is 1. The van der Waals surface area contributed by atoms with E-state index in [0.717, 1.165) is 17.7 Å². The van der Waals surface area contributed by atoms with E-state index in [1.165, 1.54) is 0 Å². The summed E-state index contributed by atoms with van der Waals surface area (Å²) in [5.41, 5.74) is 2.61. The molecule has 0 aliphatic carbocycles. The normalized spacial score (nSPS) is 13.7. The molecule has 1 heterocycles. The van der Waals surface area contributed by atoms with E-state index < -0.39 is 0 Å². The van der Waals surface area contributed by atoms with E-state index in [4.69, 9.17) is 0 Å². The third-order valence-corrected chi connectivity index (χ3v) is 3.04. The fourth-order valence-electron chi connectivity index (χ4n) is 2.19. The highest BCUT2D eigenvalue weighted by atomic mass is 16.2. The predicted molar refractivity (Wildman–Crippen MR) is 70.8 cm³/mol. The number of fused-ring (bicyclic) bond motifs is 1. The Kier molecular flexibility index (Phi) is 3.36. The van der Waals surface area contributed by atoms with Crippen LogP contribution in [0.1, 0.15) is 36.7 Å². The van der Waals surface area contributed by atoms with Gasteiger partial charge in [-0.1, -0.05) is 6.07 Å². The predicted octanol–water partition coefficient (Wildman–Crippen LogP) is 1.73. The lowest BCUT2D eigenvalue weighted by molar-refractivity contribution is -0.116. The van der Waals surface area contributed by atoms with E-state index in [1.807, 2.05) is 26.0 Å². The molecule has 0 atom stereocenters. The first-order valence-corrected chi connectivity index (χ1v) is 6.21. The minimum absolute atomic E-state index is 0.0233. The molecule has 0 spiro atoms. The van der Waals surface area contributed by atoms with Crippen molar-refractivity contribution >= 4 is 17.5 Å². The molecule has 0 saturated carbocycles. The van der Waals surface area contributed by atoms with Crippen molar-refractivity contribution in [1.82, 2.24) is 5.32 Å². The minimum atomic E-state index is -0.0943. The average molecular weight is 246 g/mol. The number of hydrogen-bond acceptors (Lipinski definition) is 2. The van der Waals surface area contributed by atoms with Crippen molar-refractivity contribution in [3.05, 3.63) is 29.3 Å². The Morgan fingerprint density at radius 2 is 2.06 bits per heavy atom. The molecule has 0 saturated heterocycles. The number of carbonyl (C=O) groups excluding carboxylic acids is 2. The third kappa shape index (κ3) is 2.37. The summed E-state index contributed by atoms with van der Waals surface area (Å²) in [5, 5.41) is 2.85. The van der Waals surface area contributed by atoms with Crippen molar-refractivity contribution in [3.63, 3.8) is 0 Å². The van der Waals surface area contributed by atoms with Crippen LogP contribution in [0.4, 0.5) is 5.69 Å². The Bertz CT molecular complexity index is 495. The summed E-state index contributed by atoms with van der Waals surface area (Å²) < 4.78 is 0. The number of amides is 2. The van der Waals surface area contributed by atoms with Gasteiger partial charge in [0.2, 0.25) is 5.91 Å². The van der Waals surface area contributed by atoms with Crippen LogP contribution in [-0.4, -0.2) is 24.4 Å². The fraction of sp³-hybridized carbons (Fsp3) is 0.429. The van der Waals surface area contributed by atoms with Crippen molar-refractivity contribution in [3.8, 4) is 0 Å². The van der Waals surface area contributed by atoms with Crippen LogP contribution in [0, 0.1) is 0 Å². The summed E-state index contributed by atoms with van der Waals surface area (Å²) in [6.07, 6.45) is 0.862. The summed E-state index contributed by atoms with van der Waals surface area (Å²) in [7, 11) is 0. The van der Waals surface area contributed by atoms with Crippen LogP contribution in [0.25, 0.3) is 0 Å². The number of rotatable bonds is 2. The molecule has 2 rings (SSSR count). The van der Waals surface area contributed by atoms with Gasteiger partial charge in [0.25, 0.3) is 5.91 Å². The van der Waals surface area contributed by atoms with Crippen molar-refractivity contribution in [2.45, 2.75) is 33.2 Å². The van der Waals surface area contributed by atoms with E-state index in [1.54, 1.807) is 17.9 Å². The highest BCUT2D eigenvalue weighted by Crippen LogP contribution is 2.29. The zero-order valence-electron chi connectivity index (χ0n) is 11.0. The molecule has 1 aromatic carbocycles. The molecular weight excluding hydrogens is 228 g/mol. The lowest BCUT2D eigenvalue weighted by Crippen LogP contribution is -2.30. The van der Waals surface area contributed by atoms with Crippen LogP contribution < -0.4 is 10.2 Å². The topological polar surface area (TPSA) is 49.4 Å². The average Bonchev–Trinajstić information content (AvgIpc) is 2.70. The molecule has 1 aliphatic rings. The first kappa shape index (κ1) is 12.6. The first-order valence-electron chi connectivity index (χ1n) is 6.21. The van der Waals surface area contributed by atoms with E-state index >= 15 is 0 Å². The molecule has 1 aromatic rings. The van der Waals surface area contributed by atoms with Gasteiger partial charge >= 0.3 is 0 Å². The third-order valence-electron chi connectivity index (χ3n) is 3.04. The van der Waals surface area contributed by atoms with E-state index in [0.29, 0.717) is 12.1 Å². The van der Waals surface area contributed by atoms with Crippen molar-refractivity contribution in [2.75, 3.05) is 11.4 Å². The summed E-state index contributed by atoms with van der Waals surface area (Å²) >= 11 is 0. The Morgan fingerprint density at radius 3 is 2.67 bits per heavy atom. The molecule has 1 aliphatic heterocycles. The summed E-state index contributed by atoms with van der Waals surface area (Å²) in [5.74, 6) is -0.0710. The molecule has 96 valence electrons. The van der Waals surface area contributed by atoms with Crippen LogP contribution in [0.15, 0.2) is 18.2 Å². The molecule has 0 unspecified atom stereocenters. The quantitative estimate of drug-likeness (QED) is 0.864. The molecular formula is C14H18N2O2. The van der Waals surface area contributed by atoms with Gasteiger partial charge in [0, 0.05) is 30.8 Å². The van der Waals surface area contributed by atoms with Crippen LogP contribution >= 0.6 is 0 Å². The molecule has 4 nitrogen and oxygen atoms in total. The summed E-state index contributed by atoms with van der Waals surface area (Å²) in [6, 6.07) is 5.67. The molecule has 1 N–H and O–H groups in total. The number of anilines is 1. The second-order valence-electron chi connectivity index (χ2n) is 4.89. The van der Waals surface area contributed by atoms with Gasteiger partial charge in [-0.3, -0.25) is 9.59 Å². The van der Waals surface area contributed by atoms with Crippen molar-refractivity contribution in [1.29, 1.82) is 0 Å². The molecule has 18 heavy (non-hydrogen) atoms. The van der Waals surface area contributed by atoms with Crippen LogP contribution in [0.5, 0.6) is 0 Å². The lowest BCUT2D eigenvalue weighted by Gasteiger charge is -2.16. The number of benzene rings is 1. The van der Waals surface area contributed by atoms with E-state index in [9.17, 15) is 9.59 Å². The van der Waals surface area contributed by atoms with Crippen molar-refractivity contribution in [2.24, 2.45) is 0 Å². The number of hydrogen-bond donors (Lipinski definition) is 1. The second-order valence-corrected chi connectivity index (χ2v) is 4.89. The van der Waals surface area contributed by atoms with Crippen LogP contribution in [0.2, 0.25) is 0 Å².